The maximum atomic E-state index is 6.00. The highest BCUT2D eigenvalue weighted by Crippen LogP contribution is 2.27. The lowest BCUT2D eigenvalue weighted by molar-refractivity contribution is -0.00521. The number of nitrogens with two attached hydrogens (primary N) is 1. The number of anilines is 2. The zero-order chi connectivity index (χ0) is 17.1. The van der Waals surface area contributed by atoms with Crippen molar-refractivity contribution in [2.45, 2.75) is 64.7 Å². The molecule has 2 atom stereocenters. The van der Waals surface area contributed by atoms with Crippen molar-refractivity contribution in [2.75, 3.05) is 29.9 Å². The Bertz CT molecular complexity index is 530. The van der Waals surface area contributed by atoms with Crippen LogP contribution in [0.2, 0.25) is 0 Å². The Morgan fingerprint density at radius 1 is 1.12 bits per heavy atom. The van der Waals surface area contributed by atoms with E-state index in [1.807, 2.05) is 0 Å². The Labute approximate surface area is 146 Å². The molecule has 1 aromatic rings. The molecule has 4 heteroatoms. The lowest BCUT2D eigenvalue weighted by Crippen LogP contribution is -2.45. The summed E-state index contributed by atoms with van der Waals surface area (Å²) in [6.07, 6.45) is 5.47. The second-order valence-corrected chi connectivity index (χ2v) is 7.82. The van der Waals surface area contributed by atoms with Crippen molar-refractivity contribution in [3.05, 3.63) is 23.8 Å². The summed E-state index contributed by atoms with van der Waals surface area (Å²) < 4.78 is 5.84. The highest BCUT2D eigenvalue weighted by atomic mass is 16.5. The van der Waals surface area contributed by atoms with Gasteiger partial charge in [0, 0.05) is 37.1 Å². The Hall–Kier alpha value is -1.26. The first-order valence-electron chi connectivity index (χ1n) is 9.51. The van der Waals surface area contributed by atoms with E-state index in [9.17, 15) is 0 Å². The molecule has 24 heavy (non-hydrogen) atoms. The van der Waals surface area contributed by atoms with Crippen LogP contribution in [0.4, 0.5) is 11.4 Å². The fourth-order valence-corrected chi connectivity index (χ4v) is 4.08. The minimum absolute atomic E-state index is 0.296. The van der Waals surface area contributed by atoms with Crippen molar-refractivity contribution in [3.63, 3.8) is 0 Å². The number of aryl methyl sites for hydroxylation is 1. The highest BCUT2D eigenvalue weighted by molar-refractivity contribution is 5.60. The quantitative estimate of drug-likeness (QED) is 0.886. The molecule has 0 radical (unpaired) electrons. The van der Waals surface area contributed by atoms with E-state index in [0.717, 1.165) is 25.6 Å². The molecule has 4 nitrogen and oxygen atoms in total. The van der Waals surface area contributed by atoms with Gasteiger partial charge in [0.2, 0.25) is 0 Å². The molecule has 1 aliphatic carbocycles. The van der Waals surface area contributed by atoms with Crippen molar-refractivity contribution in [1.29, 1.82) is 0 Å². The lowest BCUT2D eigenvalue weighted by atomic mass is 9.86. The molecular weight excluding hydrogens is 298 g/mol. The summed E-state index contributed by atoms with van der Waals surface area (Å²) in [6.45, 7) is 9.52. The number of hydrogen-bond donors (Lipinski definition) is 2. The van der Waals surface area contributed by atoms with Gasteiger partial charge in [-0.05, 0) is 76.1 Å². The van der Waals surface area contributed by atoms with Crippen LogP contribution in [0.5, 0.6) is 0 Å². The van der Waals surface area contributed by atoms with Gasteiger partial charge in [-0.1, -0.05) is 0 Å². The normalized spacial score (nSPS) is 31.1. The number of nitrogens with zero attached hydrogens (tertiary/aromatic N) is 1. The Morgan fingerprint density at radius 3 is 2.42 bits per heavy atom. The molecule has 0 bridgehead atoms. The SMILES string of the molecule is Cc1cc(N2CC(C)O[C@H](C)C2)ccc1NCC1CCC(N)CC1. The largest absolute Gasteiger partial charge is 0.385 e. The van der Waals surface area contributed by atoms with Gasteiger partial charge < -0.3 is 20.7 Å². The van der Waals surface area contributed by atoms with Crippen molar-refractivity contribution in [2.24, 2.45) is 11.7 Å². The fraction of sp³-hybridized carbons (Fsp3) is 0.700. The molecule has 1 saturated carbocycles. The van der Waals surface area contributed by atoms with Gasteiger partial charge in [-0.2, -0.15) is 0 Å². The van der Waals surface area contributed by atoms with E-state index in [0.29, 0.717) is 18.2 Å². The summed E-state index contributed by atoms with van der Waals surface area (Å²) in [5.74, 6) is 0.768. The van der Waals surface area contributed by atoms with Crippen LogP contribution >= 0.6 is 0 Å². The van der Waals surface area contributed by atoms with Gasteiger partial charge in [0.15, 0.2) is 0 Å². The Balaban J connectivity index is 1.58. The van der Waals surface area contributed by atoms with Gasteiger partial charge in [0.1, 0.15) is 0 Å². The van der Waals surface area contributed by atoms with E-state index in [1.165, 1.54) is 42.6 Å². The standard InChI is InChI=1S/C20H33N3O/c1-14-10-19(23-12-15(2)24-16(3)13-23)8-9-20(14)22-11-17-4-6-18(21)7-5-17/h8-10,15-18,22H,4-7,11-13,21H2,1-3H3/t15-,16?,17?,18?/m1/s1. The number of morpholine rings is 1. The Morgan fingerprint density at radius 2 is 1.79 bits per heavy atom. The molecule has 1 saturated heterocycles. The van der Waals surface area contributed by atoms with E-state index >= 15 is 0 Å². The van der Waals surface area contributed by atoms with Gasteiger partial charge in [0.05, 0.1) is 12.2 Å². The summed E-state index contributed by atoms with van der Waals surface area (Å²) in [7, 11) is 0. The van der Waals surface area contributed by atoms with Gasteiger partial charge >= 0.3 is 0 Å². The van der Waals surface area contributed by atoms with Crippen LogP contribution in [0.1, 0.15) is 45.1 Å². The second-order valence-electron chi connectivity index (χ2n) is 7.82. The van der Waals surface area contributed by atoms with E-state index in [-0.39, 0.29) is 0 Å². The van der Waals surface area contributed by atoms with Gasteiger partial charge in [0.25, 0.3) is 0 Å². The van der Waals surface area contributed by atoms with Crippen molar-refractivity contribution in [1.82, 2.24) is 0 Å². The third kappa shape index (κ3) is 4.42. The Kier molecular flexibility index (Phi) is 5.67. The minimum atomic E-state index is 0.296. The van der Waals surface area contributed by atoms with E-state index < -0.39 is 0 Å². The molecule has 3 N–H and O–H groups in total. The average molecular weight is 332 g/mol. The van der Waals surface area contributed by atoms with Crippen LogP contribution in [-0.4, -0.2) is 37.9 Å². The zero-order valence-electron chi connectivity index (χ0n) is 15.4. The predicted molar refractivity (Wildman–Crippen MR) is 102 cm³/mol. The van der Waals surface area contributed by atoms with Gasteiger partial charge in [-0.3, -0.25) is 0 Å². The minimum Gasteiger partial charge on any atom is -0.385 e. The van der Waals surface area contributed by atoms with Gasteiger partial charge in [-0.25, -0.2) is 0 Å². The topological polar surface area (TPSA) is 50.5 Å². The maximum Gasteiger partial charge on any atom is 0.0726 e. The van der Waals surface area contributed by atoms with Crippen LogP contribution in [0.25, 0.3) is 0 Å². The first kappa shape index (κ1) is 17.6. The van der Waals surface area contributed by atoms with Crippen molar-refractivity contribution in [3.8, 4) is 0 Å². The summed E-state index contributed by atoms with van der Waals surface area (Å²) in [5, 5.41) is 3.66. The van der Waals surface area contributed by atoms with Crippen LogP contribution in [0.15, 0.2) is 18.2 Å². The van der Waals surface area contributed by atoms with E-state index in [4.69, 9.17) is 10.5 Å². The number of rotatable bonds is 4. The molecule has 2 fully saturated rings. The van der Waals surface area contributed by atoms with E-state index in [1.54, 1.807) is 0 Å². The van der Waals surface area contributed by atoms with Crippen LogP contribution < -0.4 is 16.0 Å². The lowest BCUT2D eigenvalue weighted by Gasteiger charge is -2.37. The molecule has 3 rings (SSSR count). The van der Waals surface area contributed by atoms with Crippen molar-refractivity contribution >= 4 is 11.4 Å². The summed E-state index contributed by atoms with van der Waals surface area (Å²) in [6, 6.07) is 7.23. The molecule has 0 amide bonds. The summed E-state index contributed by atoms with van der Waals surface area (Å²) in [4.78, 5) is 2.44. The summed E-state index contributed by atoms with van der Waals surface area (Å²) in [5.41, 5.74) is 9.90. The molecule has 1 aromatic carbocycles. The van der Waals surface area contributed by atoms with Crippen molar-refractivity contribution < 1.29 is 4.74 Å². The molecule has 1 aliphatic heterocycles. The molecule has 134 valence electrons. The second kappa shape index (κ2) is 7.75. The molecule has 2 aliphatic rings. The number of nitrogens with one attached hydrogen (secondary N) is 1. The van der Waals surface area contributed by atoms with Crippen LogP contribution in [-0.2, 0) is 4.74 Å². The van der Waals surface area contributed by atoms with Gasteiger partial charge in [-0.15, -0.1) is 0 Å². The first-order chi connectivity index (χ1) is 11.5. The third-order valence-electron chi connectivity index (χ3n) is 5.47. The molecule has 1 unspecified atom stereocenters. The fourth-order valence-electron chi connectivity index (χ4n) is 4.08. The van der Waals surface area contributed by atoms with E-state index in [2.05, 4.69) is 49.2 Å². The number of benzene rings is 1. The molecular formula is C20H33N3O. The average Bonchev–Trinajstić information content (AvgIpc) is 2.54. The first-order valence-corrected chi connectivity index (χ1v) is 9.51. The third-order valence-corrected chi connectivity index (χ3v) is 5.47. The smallest absolute Gasteiger partial charge is 0.0726 e. The molecule has 0 spiro atoms. The maximum absolute atomic E-state index is 6.00. The monoisotopic (exact) mass is 331 g/mol. The number of hydrogen-bond acceptors (Lipinski definition) is 4. The predicted octanol–water partition coefficient (Wildman–Crippen LogP) is 3.54. The highest BCUT2D eigenvalue weighted by Gasteiger charge is 2.23. The molecule has 0 aromatic heterocycles. The molecule has 1 heterocycles. The number of ether oxygens (including phenoxy) is 1. The van der Waals surface area contributed by atoms with Crippen LogP contribution in [0, 0.1) is 12.8 Å². The summed E-state index contributed by atoms with van der Waals surface area (Å²) >= 11 is 0. The zero-order valence-corrected chi connectivity index (χ0v) is 15.4. The van der Waals surface area contributed by atoms with Crippen LogP contribution in [0.3, 0.4) is 0 Å².